The zero-order valence-electron chi connectivity index (χ0n) is 20.7. The van der Waals surface area contributed by atoms with Crippen molar-refractivity contribution in [3.05, 3.63) is 54.4 Å². The highest BCUT2D eigenvalue weighted by Gasteiger charge is 2.27. The lowest BCUT2D eigenvalue weighted by atomic mass is 10.1. The second kappa shape index (κ2) is 11.9. The molecule has 1 aliphatic heterocycles. The number of fused-ring (bicyclic) bond motifs is 1. The molecule has 0 bridgehead atoms. The zero-order chi connectivity index (χ0) is 27.1. The number of oxime groups is 1. The summed E-state index contributed by atoms with van der Waals surface area (Å²) in [6.45, 7) is 1.96. The van der Waals surface area contributed by atoms with Gasteiger partial charge in [-0.3, -0.25) is 9.20 Å². The quantitative estimate of drug-likeness (QED) is 0.264. The number of benzene rings is 1. The van der Waals surface area contributed by atoms with E-state index in [-0.39, 0.29) is 18.9 Å². The lowest BCUT2D eigenvalue weighted by Crippen LogP contribution is -2.47. The summed E-state index contributed by atoms with van der Waals surface area (Å²) < 4.78 is 38.7. The molecule has 10 nitrogen and oxygen atoms in total. The fourth-order valence-electron chi connectivity index (χ4n) is 3.90. The molecular formula is C25H28F3N7O3. The van der Waals surface area contributed by atoms with Gasteiger partial charge in [-0.15, -0.1) is 0 Å². The number of carbonyl (C=O) groups is 2. The number of nitrogens with one attached hydrogen (secondary N) is 2. The number of piperazine rings is 1. The monoisotopic (exact) mass is 531 g/mol. The molecule has 2 aromatic heterocycles. The number of carbonyl (C=O) groups excluding carboxylic acids is 2. The van der Waals surface area contributed by atoms with Crippen LogP contribution < -0.4 is 10.6 Å². The van der Waals surface area contributed by atoms with Crippen LogP contribution in [0.3, 0.4) is 0 Å². The van der Waals surface area contributed by atoms with Gasteiger partial charge in [-0.2, -0.15) is 13.2 Å². The van der Waals surface area contributed by atoms with E-state index in [1.54, 1.807) is 54.3 Å². The van der Waals surface area contributed by atoms with Crippen LogP contribution in [0.25, 0.3) is 16.9 Å². The minimum absolute atomic E-state index is 0.0563. The zero-order valence-corrected chi connectivity index (χ0v) is 20.7. The molecule has 1 fully saturated rings. The van der Waals surface area contributed by atoms with Crippen LogP contribution in [0.1, 0.15) is 12.0 Å². The molecule has 3 heterocycles. The fourth-order valence-corrected chi connectivity index (χ4v) is 3.90. The maximum atomic E-state index is 12.3. The molecule has 1 aliphatic rings. The number of aromatic nitrogens is 2. The molecule has 0 atom stereocenters. The maximum Gasteiger partial charge on any atom is 0.405 e. The first kappa shape index (κ1) is 26.9. The molecule has 0 unspecified atom stereocenters. The van der Waals surface area contributed by atoms with Gasteiger partial charge in [-0.25, -0.2) is 9.78 Å². The maximum absolute atomic E-state index is 12.3. The summed E-state index contributed by atoms with van der Waals surface area (Å²) in [5.74, 6) is 0.0563. The topological polar surface area (TPSA) is 104 Å². The average Bonchev–Trinajstić information content (AvgIpc) is 3.31. The summed E-state index contributed by atoms with van der Waals surface area (Å²) in [4.78, 5) is 37.7. The highest BCUT2D eigenvalue weighted by Crippen LogP contribution is 2.24. The van der Waals surface area contributed by atoms with Gasteiger partial charge in [0.1, 0.15) is 18.8 Å². The number of hydrogen-bond acceptors (Lipinski definition) is 6. The summed E-state index contributed by atoms with van der Waals surface area (Å²) in [5.41, 5.74) is 3.15. The van der Waals surface area contributed by atoms with Crippen molar-refractivity contribution < 1.29 is 27.6 Å². The van der Waals surface area contributed by atoms with Gasteiger partial charge in [0, 0.05) is 49.2 Å². The van der Waals surface area contributed by atoms with Gasteiger partial charge in [0.25, 0.3) is 0 Å². The molecule has 1 aromatic carbocycles. The summed E-state index contributed by atoms with van der Waals surface area (Å²) in [7, 11) is 2.03. The number of alkyl halides is 3. The van der Waals surface area contributed by atoms with Crippen LogP contribution in [-0.2, 0) is 9.63 Å². The van der Waals surface area contributed by atoms with Crippen molar-refractivity contribution in [2.75, 3.05) is 51.7 Å². The van der Waals surface area contributed by atoms with Crippen LogP contribution in [0, 0.1) is 0 Å². The van der Waals surface area contributed by atoms with Gasteiger partial charge in [-0.1, -0.05) is 17.3 Å². The van der Waals surface area contributed by atoms with Crippen molar-refractivity contribution in [1.82, 2.24) is 24.5 Å². The Kier molecular flexibility index (Phi) is 8.46. The number of anilines is 1. The Balaban J connectivity index is 1.32. The van der Waals surface area contributed by atoms with Crippen LogP contribution in [0.15, 0.2) is 53.9 Å². The highest BCUT2D eigenvalue weighted by molar-refractivity contribution is 5.90. The number of urea groups is 1. The van der Waals surface area contributed by atoms with Gasteiger partial charge in [0.2, 0.25) is 5.91 Å². The third-order valence-corrected chi connectivity index (χ3v) is 5.94. The predicted octanol–water partition coefficient (Wildman–Crippen LogP) is 3.20. The third-order valence-electron chi connectivity index (χ3n) is 5.94. The minimum Gasteiger partial charge on any atom is -0.395 e. The smallest absolute Gasteiger partial charge is 0.395 e. The van der Waals surface area contributed by atoms with E-state index in [9.17, 15) is 22.8 Å². The third kappa shape index (κ3) is 7.44. The normalized spacial score (nSPS) is 14.7. The Bertz CT molecular complexity index is 1300. The molecule has 2 N–H and O–H groups in total. The number of pyridine rings is 1. The van der Waals surface area contributed by atoms with Gasteiger partial charge >= 0.3 is 12.2 Å². The average molecular weight is 532 g/mol. The molecule has 0 aliphatic carbocycles. The number of nitrogens with zero attached hydrogens (tertiary/aromatic N) is 5. The van der Waals surface area contributed by atoms with Gasteiger partial charge in [0.15, 0.2) is 0 Å². The molecule has 4 rings (SSSR count). The van der Waals surface area contributed by atoms with E-state index in [0.29, 0.717) is 16.9 Å². The van der Waals surface area contributed by atoms with Crippen molar-refractivity contribution in [2.45, 2.75) is 12.6 Å². The number of rotatable bonds is 8. The van der Waals surface area contributed by atoms with E-state index in [4.69, 9.17) is 4.84 Å². The fraction of sp³-hybridized carbons (Fsp3) is 0.360. The molecule has 0 spiro atoms. The first-order valence-electron chi connectivity index (χ1n) is 12.0. The van der Waals surface area contributed by atoms with Crippen molar-refractivity contribution in [3.63, 3.8) is 0 Å². The number of likely N-dealkylation sites (N-methyl/N-ethyl adjacent to an activating group) is 1. The first-order valence-corrected chi connectivity index (χ1v) is 12.0. The second-order valence-corrected chi connectivity index (χ2v) is 8.84. The molecule has 13 heteroatoms. The Morgan fingerprint density at radius 3 is 2.71 bits per heavy atom. The molecule has 202 valence electrons. The van der Waals surface area contributed by atoms with E-state index in [2.05, 4.69) is 20.4 Å². The van der Waals surface area contributed by atoms with Crippen molar-refractivity contribution in [1.29, 1.82) is 0 Å². The summed E-state index contributed by atoms with van der Waals surface area (Å²) in [6.07, 6.45) is 0.765. The summed E-state index contributed by atoms with van der Waals surface area (Å²) >= 11 is 0. The van der Waals surface area contributed by atoms with Crippen molar-refractivity contribution in [3.8, 4) is 11.3 Å². The Morgan fingerprint density at radius 2 is 1.95 bits per heavy atom. The molecule has 3 aromatic rings. The number of halogens is 3. The molecular weight excluding hydrogens is 503 g/mol. The van der Waals surface area contributed by atoms with Crippen LogP contribution in [0.2, 0.25) is 0 Å². The van der Waals surface area contributed by atoms with E-state index >= 15 is 0 Å². The molecule has 3 amide bonds. The number of hydrogen-bond donors (Lipinski definition) is 2. The van der Waals surface area contributed by atoms with E-state index in [1.807, 2.05) is 22.4 Å². The van der Waals surface area contributed by atoms with Gasteiger partial charge in [-0.05, 0) is 31.3 Å². The highest BCUT2D eigenvalue weighted by atomic mass is 19.4. The van der Waals surface area contributed by atoms with Crippen LogP contribution in [0.4, 0.5) is 23.7 Å². The Labute approximate surface area is 217 Å². The van der Waals surface area contributed by atoms with E-state index in [0.717, 1.165) is 37.4 Å². The number of imidazole rings is 1. The van der Waals surface area contributed by atoms with Crippen LogP contribution >= 0.6 is 0 Å². The molecule has 0 radical (unpaired) electrons. The molecule has 38 heavy (non-hydrogen) atoms. The summed E-state index contributed by atoms with van der Waals surface area (Å²) in [5, 5.41) is 8.12. The Morgan fingerprint density at radius 1 is 1.16 bits per heavy atom. The lowest BCUT2D eigenvalue weighted by Gasteiger charge is -2.32. The van der Waals surface area contributed by atoms with Crippen molar-refractivity contribution >= 4 is 29.5 Å². The summed E-state index contributed by atoms with van der Waals surface area (Å²) in [6, 6.07) is 9.37. The standard InChI is InChI=1S/C25H28F3N7O3/c1-33-8-10-34(11-9-33)23(36)6-12-38-31-15-18-5-7-35-21(16-29-22(35)13-18)19-3-2-4-20(14-19)32-24(37)30-17-25(26,27)28/h2-5,7,13-16H,6,8-12,17H2,1H3,(H2,30,32,37)/b31-15+. The van der Waals surface area contributed by atoms with Gasteiger partial charge in [0.05, 0.1) is 24.5 Å². The first-order chi connectivity index (χ1) is 18.2. The van der Waals surface area contributed by atoms with Gasteiger partial charge < -0.3 is 25.3 Å². The minimum atomic E-state index is -4.49. The lowest BCUT2D eigenvalue weighted by molar-refractivity contribution is -0.133. The number of amides is 3. The van der Waals surface area contributed by atoms with Crippen molar-refractivity contribution in [2.24, 2.45) is 5.16 Å². The van der Waals surface area contributed by atoms with Crippen LogP contribution in [0.5, 0.6) is 0 Å². The molecule has 1 saturated heterocycles. The SMILES string of the molecule is CN1CCN(C(=O)CCO/N=C/c2ccn3c(-c4cccc(NC(=O)NCC(F)(F)F)c4)cnc3c2)CC1. The van der Waals surface area contributed by atoms with E-state index in [1.165, 1.54) is 0 Å². The predicted molar refractivity (Wildman–Crippen MR) is 136 cm³/mol. The second-order valence-electron chi connectivity index (χ2n) is 8.84. The van der Waals surface area contributed by atoms with Crippen LogP contribution in [-0.4, -0.2) is 89.9 Å². The Hall–Kier alpha value is -4.13. The largest absolute Gasteiger partial charge is 0.405 e. The molecule has 0 saturated carbocycles. The van der Waals surface area contributed by atoms with E-state index < -0.39 is 18.8 Å².